The lowest BCUT2D eigenvalue weighted by Crippen LogP contribution is -2.39. The fourth-order valence-corrected chi connectivity index (χ4v) is 6.96. The van der Waals surface area contributed by atoms with Crippen molar-refractivity contribution in [1.29, 1.82) is 0 Å². The number of aromatic nitrogens is 2. The Morgan fingerprint density at radius 2 is 1.78 bits per heavy atom. The first kappa shape index (κ1) is 29.5. The molecule has 0 amide bonds. The van der Waals surface area contributed by atoms with Crippen LogP contribution in [0.15, 0.2) is 60.7 Å². The number of carbonyl (C=O) groups is 1. The number of piperidine rings is 1. The minimum atomic E-state index is -0.730. The fraction of sp³-hybridized carbons (Fsp3) is 0.529. The summed E-state index contributed by atoms with van der Waals surface area (Å²) >= 11 is 0. The molecule has 0 bridgehead atoms. The van der Waals surface area contributed by atoms with Crippen molar-refractivity contribution in [3.63, 3.8) is 0 Å². The number of hydrogen-bond acceptors (Lipinski definition) is 4. The third kappa shape index (κ3) is 7.25. The molecule has 0 aliphatic carbocycles. The number of halogens is 1. The van der Waals surface area contributed by atoms with Crippen LogP contribution in [0.4, 0.5) is 4.39 Å². The van der Waals surface area contributed by atoms with E-state index in [1.165, 1.54) is 17.3 Å². The summed E-state index contributed by atoms with van der Waals surface area (Å²) in [5.41, 5.74) is 4.81. The number of likely N-dealkylation sites (tertiary alicyclic amines) is 2. The zero-order valence-electron chi connectivity index (χ0n) is 24.8. The highest BCUT2D eigenvalue weighted by molar-refractivity contribution is 5.70. The van der Waals surface area contributed by atoms with E-state index in [-0.39, 0.29) is 17.7 Å². The standard InChI is InChI=1S/C34H45FN4O2/c1-4-39-33(19-30(36-39)17-25-9-6-5-7-10-25)26-13-15-37(16-14-26)20-28-21-38(22-31(24(2)3)34(40)41)23-32(28)27-11-8-12-29(35)18-27/h5-12,18-19,24,26,28,31-32H,4,13-17,20-23H2,1-3H3,(H,40,41)/t28-,31+,32+/m0/s1. The monoisotopic (exact) mass is 560 g/mol. The van der Waals surface area contributed by atoms with Crippen LogP contribution in [0.25, 0.3) is 0 Å². The van der Waals surface area contributed by atoms with Crippen molar-refractivity contribution in [2.75, 3.05) is 39.3 Å². The number of benzene rings is 2. The molecule has 220 valence electrons. The molecule has 3 atom stereocenters. The van der Waals surface area contributed by atoms with Gasteiger partial charge in [-0.3, -0.25) is 9.48 Å². The molecule has 6 nitrogen and oxygen atoms in total. The Labute approximate surface area is 244 Å². The average Bonchev–Trinajstić information content (AvgIpc) is 3.56. The topological polar surface area (TPSA) is 61.6 Å². The molecule has 7 heteroatoms. The molecule has 0 saturated carbocycles. The van der Waals surface area contributed by atoms with Gasteiger partial charge in [0, 0.05) is 56.7 Å². The summed E-state index contributed by atoms with van der Waals surface area (Å²) in [5.74, 6) is -0.211. The second-order valence-corrected chi connectivity index (χ2v) is 12.4. The lowest BCUT2D eigenvalue weighted by molar-refractivity contribution is -0.143. The van der Waals surface area contributed by atoms with Crippen molar-refractivity contribution in [1.82, 2.24) is 19.6 Å². The van der Waals surface area contributed by atoms with Crippen LogP contribution in [0.2, 0.25) is 0 Å². The van der Waals surface area contributed by atoms with E-state index in [2.05, 4.69) is 57.8 Å². The number of hydrogen-bond donors (Lipinski definition) is 1. The van der Waals surface area contributed by atoms with E-state index in [0.717, 1.165) is 69.8 Å². The molecule has 41 heavy (non-hydrogen) atoms. The van der Waals surface area contributed by atoms with Crippen molar-refractivity contribution in [2.45, 2.75) is 58.4 Å². The van der Waals surface area contributed by atoms with Gasteiger partial charge in [-0.05, 0) is 74.0 Å². The van der Waals surface area contributed by atoms with Crippen molar-refractivity contribution in [3.05, 3.63) is 89.0 Å². The maximum atomic E-state index is 14.2. The quantitative estimate of drug-likeness (QED) is 0.317. The van der Waals surface area contributed by atoms with Crippen LogP contribution in [0.5, 0.6) is 0 Å². The first-order valence-corrected chi connectivity index (χ1v) is 15.3. The van der Waals surface area contributed by atoms with E-state index in [9.17, 15) is 14.3 Å². The highest BCUT2D eigenvalue weighted by Gasteiger charge is 2.38. The number of aliphatic carboxylic acids is 1. The molecule has 2 aliphatic heterocycles. The van der Waals surface area contributed by atoms with Crippen LogP contribution in [-0.4, -0.2) is 69.9 Å². The van der Waals surface area contributed by atoms with Gasteiger partial charge in [0.2, 0.25) is 0 Å². The highest BCUT2D eigenvalue weighted by Crippen LogP contribution is 2.36. The zero-order chi connectivity index (χ0) is 28.9. The van der Waals surface area contributed by atoms with Gasteiger partial charge in [-0.1, -0.05) is 56.3 Å². The Balaban J connectivity index is 1.24. The number of nitrogens with zero attached hydrogens (tertiary/aromatic N) is 4. The molecule has 3 heterocycles. The van der Waals surface area contributed by atoms with Crippen molar-refractivity contribution in [3.8, 4) is 0 Å². The second-order valence-electron chi connectivity index (χ2n) is 12.4. The van der Waals surface area contributed by atoms with Crippen LogP contribution < -0.4 is 0 Å². The lowest BCUT2D eigenvalue weighted by Gasteiger charge is -2.35. The molecule has 5 rings (SSSR count). The Hall–Kier alpha value is -3.03. The van der Waals surface area contributed by atoms with E-state index >= 15 is 0 Å². The van der Waals surface area contributed by atoms with Crippen LogP contribution >= 0.6 is 0 Å². The Kier molecular flexibility index (Phi) is 9.56. The van der Waals surface area contributed by atoms with Gasteiger partial charge in [0.25, 0.3) is 0 Å². The van der Waals surface area contributed by atoms with Gasteiger partial charge in [-0.15, -0.1) is 0 Å². The van der Waals surface area contributed by atoms with Gasteiger partial charge in [-0.2, -0.15) is 5.10 Å². The predicted octanol–water partition coefficient (Wildman–Crippen LogP) is 5.88. The van der Waals surface area contributed by atoms with Crippen LogP contribution in [0, 0.1) is 23.6 Å². The summed E-state index contributed by atoms with van der Waals surface area (Å²) in [6.07, 6.45) is 3.07. The summed E-state index contributed by atoms with van der Waals surface area (Å²) in [7, 11) is 0. The van der Waals surface area contributed by atoms with Crippen LogP contribution in [0.3, 0.4) is 0 Å². The van der Waals surface area contributed by atoms with Gasteiger partial charge in [-0.25, -0.2) is 4.39 Å². The summed E-state index contributed by atoms with van der Waals surface area (Å²) < 4.78 is 16.4. The third-order valence-electron chi connectivity index (χ3n) is 9.26. The minimum absolute atomic E-state index is 0.0722. The van der Waals surface area contributed by atoms with Gasteiger partial charge in [0.05, 0.1) is 11.6 Å². The van der Waals surface area contributed by atoms with E-state index in [1.807, 2.05) is 19.9 Å². The number of carboxylic acid groups (broad SMARTS) is 1. The summed E-state index contributed by atoms with van der Waals surface area (Å²) in [4.78, 5) is 16.8. The maximum Gasteiger partial charge on any atom is 0.308 e. The van der Waals surface area contributed by atoms with Gasteiger partial charge < -0.3 is 14.9 Å². The Bertz CT molecular complexity index is 1280. The lowest BCUT2D eigenvalue weighted by atomic mass is 9.87. The second kappa shape index (κ2) is 13.3. The summed E-state index contributed by atoms with van der Waals surface area (Å²) in [6.45, 7) is 12.2. The van der Waals surface area contributed by atoms with E-state index in [4.69, 9.17) is 5.10 Å². The highest BCUT2D eigenvalue weighted by atomic mass is 19.1. The first-order valence-electron chi connectivity index (χ1n) is 15.3. The summed E-state index contributed by atoms with van der Waals surface area (Å²) in [5, 5.41) is 14.7. The van der Waals surface area contributed by atoms with E-state index in [1.54, 1.807) is 12.1 Å². The van der Waals surface area contributed by atoms with Gasteiger partial charge in [0.1, 0.15) is 5.82 Å². The number of rotatable bonds is 11. The molecule has 2 fully saturated rings. The molecule has 1 aromatic heterocycles. The molecule has 2 aromatic carbocycles. The molecular weight excluding hydrogens is 515 g/mol. The SMILES string of the molecule is CCn1nc(Cc2ccccc2)cc1C1CCN(C[C@H]2CN(C[C@@H](C(=O)O)C(C)C)C[C@@H]2c2cccc(F)c2)CC1. The van der Waals surface area contributed by atoms with Crippen molar-refractivity contribution < 1.29 is 14.3 Å². The zero-order valence-corrected chi connectivity index (χ0v) is 24.8. The van der Waals surface area contributed by atoms with Crippen molar-refractivity contribution >= 4 is 5.97 Å². The maximum absolute atomic E-state index is 14.2. The van der Waals surface area contributed by atoms with Crippen LogP contribution in [0.1, 0.15) is 68.0 Å². The van der Waals surface area contributed by atoms with E-state index < -0.39 is 11.9 Å². The molecule has 0 unspecified atom stereocenters. The summed E-state index contributed by atoms with van der Waals surface area (Å²) in [6, 6.07) is 19.9. The van der Waals surface area contributed by atoms with Gasteiger partial charge >= 0.3 is 5.97 Å². The average molecular weight is 561 g/mol. The molecule has 3 aromatic rings. The molecule has 0 radical (unpaired) electrons. The largest absolute Gasteiger partial charge is 0.481 e. The Morgan fingerprint density at radius 3 is 2.44 bits per heavy atom. The predicted molar refractivity (Wildman–Crippen MR) is 161 cm³/mol. The molecule has 2 aliphatic rings. The first-order chi connectivity index (χ1) is 19.8. The number of aryl methyl sites for hydroxylation is 1. The van der Waals surface area contributed by atoms with Gasteiger partial charge in [0.15, 0.2) is 0 Å². The molecule has 1 N–H and O–H groups in total. The number of carboxylic acids is 1. The van der Waals surface area contributed by atoms with Crippen molar-refractivity contribution in [2.24, 2.45) is 17.8 Å². The fourth-order valence-electron chi connectivity index (χ4n) is 6.96. The minimum Gasteiger partial charge on any atom is -0.481 e. The normalized spacial score (nSPS) is 21.5. The molecular formula is C34H45FN4O2. The Morgan fingerprint density at radius 1 is 1.02 bits per heavy atom. The third-order valence-corrected chi connectivity index (χ3v) is 9.26. The van der Waals surface area contributed by atoms with E-state index in [0.29, 0.717) is 18.4 Å². The van der Waals surface area contributed by atoms with Crippen LogP contribution in [-0.2, 0) is 17.8 Å². The molecule has 2 saturated heterocycles. The molecule has 0 spiro atoms. The smallest absolute Gasteiger partial charge is 0.308 e.